The average Bonchev–Trinajstić information content (AvgIpc) is 2.41. The van der Waals surface area contributed by atoms with Crippen molar-refractivity contribution in [3.63, 3.8) is 0 Å². The van der Waals surface area contributed by atoms with Crippen LogP contribution >= 0.6 is 0 Å². The van der Waals surface area contributed by atoms with Gasteiger partial charge in [-0.1, -0.05) is 25.0 Å². The number of rotatable bonds is 7. The SMILES string of the molecule is O=C(O)CCCCCCc1cccc2c1CCC(O)(O)O2. The number of carbonyl (C=O) groups is 1. The Hall–Kier alpha value is -1.59. The summed E-state index contributed by atoms with van der Waals surface area (Å²) in [4.78, 5) is 10.4. The van der Waals surface area contributed by atoms with Crippen molar-refractivity contribution in [2.24, 2.45) is 0 Å². The first-order chi connectivity index (χ1) is 9.98. The Morgan fingerprint density at radius 3 is 2.71 bits per heavy atom. The maximum atomic E-state index is 10.4. The summed E-state index contributed by atoms with van der Waals surface area (Å²) in [5.74, 6) is -2.24. The molecular formula is C16H22O5. The lowest BCUT2D eigenvalue weighted by atomic mass is 9.95. The number of benzene rings is 1. The van der Waals surface area contributed by atoms with Crippen molar-refractivity contribution in [3.8, 4) is 5.75 Å². The van der Waals surface area contributed by atoms with E-state index in [0.717, 1.165) is 37.7 Å². The molecule has 21 heavy (non-hydrogen) atoms. The van der Waals surface area contributed by atoms with Crippen LogP contribution in [-0.4, -0.2) is 27.3 Å². The summed E-state index contributed by atoms with van der Waals surface area (Å²) in [7, 11) is 0. The molecule has 5 heteroatoms. The molecular weight excluding hydrogens is 272 g/mol. The van der Waals surface area contributed by atoms with Crippen LogP contribution < -0.4 is 4.74 Å². The van der Waals surface area contributed by atoms with E-state index in [1.807, 2.05) is 12.1 Å². The number of ether oxygens (including phenoxy) is 1. The van der Waals surface area contributed by atoms with Gasteiger partial charge in [-0.05, 0) is 42.9 Å². The molecule has 0 spiro atoms. The highest BCUT2D eigenvalue weighted by Gasteiger charge is 2.32. The lowest BCUT2D eigenvalue weighted by molar-refractivity contribution is -0.299. The summed E-state index contributed by atoms with van der Waals surface area (Å²) in [5, 5.41) is 27.6. The highest BCUT2D eigenvalue weighted by atomic mass is 16.8. The Balaban J connectivity index is 1.83. The maximum Gasteiger partial charge on any atom is 0.322 e. The summed E-state index contributed by atoms with van der Waals surface area (Å²) in [6.07, 6.45) is 5.57. The van der Waals surface area contributed by atoms with Gasteiger partial charge in [-0.2, -0.15) is 0 Å². The summed E-state index contributed by atoms with van der Waals surface area (Å²) in [5.41, 5.74) is 2.24. The Kier molecular flexibility index (Phi) is 5.20. The number of aliphatic carboxylic acids is 1. The van der Waals surface area contributed by atoms with Crippen LogP contribution in [0.3, 0.4) is 0 Å². The molecule has 0 bridgehead atoms. The van der Waals surface area contributed by atoms with E-state index in [0.29, 0.717) is 12.2 Å². The third kappa shape index (κ3) is 4.72. The van der Waals surface area contributed by atoms with Gasteiger partial charge in [0, 0.05) is 12.8 Å². The first-order valence-electron chi connectivity index (χ1n) is 7.44. The molecule has 2 rings (SSSR count). The molecule has 1 aliphatic heterocycles. The third-order valence-corrected chi connectivity index (χ3v) is 3.79. The molecule has 3 N–H and O–H groups in total. The van der Waals surface area contributed by atoms with Crippen molar-refractivity contribution in [2.75, 3.05) is 0 Å². The number of carboxylic acid groups (broad SMARTS) is 1. The van der Waals surface area contributed by atoms with Crippen LogP contribution in [0.15, 0.2) is 18.2 Å². The number of hydrogen-bond acceptors (Lipinski definition) is 4. The fourth-order valence-electron chi connectivity index (χ4n) is 2.68. The van der Waals surface area contributed by atoms with Crippen molar-refractivity contribution in [1.29, 1.82) is 0 Å². The second-order valence-corrected chi connectivity index (χ2v) is 5.55. The van der Waals surface area contributed by atoms with E-state index in [2.05, 4.69) is 0 Å². The van der Waals surface area contributed by atoms with Crippen molar-refractivity contribution >= 4 is 5.97 Å². The molecule has 1 heterocycles. The zero-order chi connectivity index (χ0) is 15.3. The van der Waals surface area contributed by atoms with E-state index in [4.69, 9.17) is 9.84 Å². The fraction of sp³-hybridized carbons (Fsp3) is 0.562. The Bertz CT molecular complexity index is 495. The number of aliphatic hydroxyl groups is 2. The standard InChI is InChI=1S/C16H22O5/c17-15(18)9-4-2-1-3-6-12-7-5-8-14-13(12)10-11-16(19,20)21-14/h5,7-8,19-20H,1-4,6,9-11H2,(H,17,18). The van der Waals surface area contributed by atoms with E-state index in [9.17, 15) is 15.0 Å². The largest absolute Gasteiger partial charge is 0.481 e. The van der Waals surface area contributed by atoms with Crippen LogP contribution in [0.4, 0.5) is 0 Å². The van der Waals surface area contributed by atoms with E-state index in [1.54, 1.807) is 6.07 Å². The average molecular weight is 294 g/mol. The first kappa shape index (κ1) is 15.8. The van der Waals surface area contributed by atoms with Crippen molar-refractivity contribution in [3.05, 3.63) is 29.3 Å². The van der Waals surface area contributed by atoms with Gasteiger partial charge in [0.05, 0.1) is 0 Å². The Morgan fingerprint density at radius 2 is 1.95 bits per heavy atom. The van der Waals surface area contributed by atoms with Gasteiger partial charge < -0.3 is 20.1 Å². The molecule has 0 atom stereocenters. The predicted molar refractivity (Wildman–Crippen MR) is 77.0 cm³/mol. The second kappa shape index (κ2) is 6.91. The smallest absolute Gasteiger partial charge is 0.322 e. The minimum absolute atomic E-state index is 0.176. The van der Waals surface area contributed by atoms with Gasteiger partial charge >= 0.3 is 11.9 Å². The monoisotopic (exact) mass is 294 g/mol. The van der Waals surface area contributed by atoms with Gasteiger partial charge in [0.2, 0.25) is 0 Å². The molecule has 116 valence electrons. The lowest BCUT2D eigenvalue weighted by Gasteiger charge is -2.30. The van der Waals surface area contributed by atoms with Gasteiger partial charge in [0.25, 0.3) is 0 Å². The Morgan fingerprint density at radius 1 is 1.19 bits per heavy atom. The molecule has 0 unspecified atom stereocenters. The summed E-state index contributed by atoms with van der Waals surface area (Å²) < 4.78 is 5.18. The zero-order valence-electron chi connectivity index (χ0n) is 12.0. The number of hydrogen-bond donors (Lipinski definition) is 3. The Labute approximate surface area is 124 Å². The summed E-state index contributed by atoms with van der Waals surface area (Å²) in [6, 6.07) is 5.66. The molecule has 0 fully saturated rings. The number of carboxylic acids is 1. The highest BCUT2D eigenvalue weighted by Crippen LogP contribution is 2.33. The van der Waals surface area contributed by atoms with Crippen LogP contribution in [0.25, 0.3) is 0 Å². The maximum absolute atomic E-state index is 10.4. The minimum atomic E-state index is -2.05. The zero-order valence-corrected chi connectivity index (χ0v) is 12.0. The van der Waals surface area contributed by atoms with E-state index >= 15 is 0 Å². The van der Waals surface area contributed by atoms with Crippen LogP contribution in [0, 0.1) is 0 Å². The second-order valence-electron chi connectivity index (χ2n) is 5.55. The molecule has 0 saturated heterocycles. The lowest BCUT2D eigenvalue weighted by Crippen LogP contribution is -2.39. The molecule has 0 saturated carbocycles. The van der Waals surface area contributed by atoms with E-state index in [1.165, 1.54) is 5.56 Å². The molecule has 0 radical (unpaired) electrons. The van der Waals surface area contributed by atoms with Gasteiger partial charge in [-0.15, -0.1) is 0 Å². The van der Waals surface area contributed by atoms with Crippen LogP contribution in [0.1, 0.15) is 49.7 Å². The van der Waals surface area contributed by atoms with Gasteiger partial charge in [-0.25, -0.2) is 0 Å². The quantitative estimate of drug-likeness (QED) is 0.530. The van der Waals surface area contributed by atoms with Crippen molar-refractivity contribution in [1.82, 2.24) is 0 Å². The molecule has 0 aliphatic carbocycles. The molecule has 0 amide bonds. The van der Waals surface area contributed by atoms with Crippen LogP contribution in [0.2, 0.25) is 0 Å². The van der Waals surface area contributed by atoms with Crippen molar-refractivity contribution < 1.29 is 24.9 Å². The van der Waals surface area contributed by atoms with Crippen molar-refractivity contribution in [2.45, 2.75) is 57.3 Å². The predicted octanol–water partition coefficient (Wildman–Crippen LogP) is 2.23. The van der Waals surface area contributed by atoms with Crippen LogP contribution in [-0.2, 0) is 17.6 Å². The highest BCUT2D eigenvalue weighted by molar-refractivity contribution is 5.66. The third-order valence-electron chi connectivity index (χ3n) is 3.79. The number of unbranched alkanes of at least 4 members (excludes halogenated alkanes) is 3. The summed E-state index contributed by atoms with van der Waals surface area (Å²) in [6.45, 7) is 0. The van der Waals surface area contributed by atoms with E-state index in [-0.39, 0.29) is 12.8 Å². The fourth-order valence-corrected chi connectivity index (χ4v) is 2.68. The van der Waals surface area contributed by atoms with Gasteiger partial charge in [-0.3, -0.25) is 4.79 Å². The number of fused-ring (bicyclic) bond motifs is 1. The van der Waals surface area contributed by atoms with Crippen LogP contribution in [0.5, 0.6) is 5.75 Å². The molecule has 1 aliphatic rings. The van der Waals surface area contributed by atoms with Gasteiger partial charge in [0.1, 0.15) is 5.75 Å². The molecule has 0 aromatic heterocycles. The normalized spacial score (nSPS) is 16.1. The molecule has 1 aromatic carbocycles. The van der Waals surface area contributed by atoms with E-state index < -0.39 is 11.9 Å². The number of aryl methyl sites for hydroxylation is 1. The van der Waals surface area contributed by atoms with Gasteiger partial charge in [0.15, 0.2) is 0 Å². The minimum Gasteiger partial charge on any atom is -0.481 e. The molecule has 1 aromatic rings. The summed E-state index contributed by atoms with van der Waals surface area (Å²) >= 11 is 0. The topological polar surface area (TPSA) is 87.0 Å². The first-order valence-corrected chi connectivity index (χ1v) is 7.44. The molecule has 5 nitrogen and oxygen atoms in total.